The van der Waals surface area contributed by atoms with Gasteiger partial charge in [-0.3, -0.25) is 0 Å². The third-order valence-electron chi connectivity index (χ3n) is 4.61. The van der Waals surface area contributed by atoms with Gasteiger partial charge in [0, 0.05) is 0 Å². The highest BCUT2D eigenvalue weighted by molar-refractivity contribution is 4.69. The Kier molecular flexibility index (Phi) is 11.6. The van der Waals surface area contributed by atoms with E-state index in [9.17, 15) is 0 Å². The summed E-state index contributed by atoms with van der Waals surface area (Å²) in [6.45, 7) is 4.84. The molecular weight excluding hydrogens is 230 g/mol. The summed E-state index contributed by atoms with van der Waals surface area (Å²) in [6.07, 6.45) is 20.3. The summed E-state index contributed by atoms with van der Waals surface area (Å²) in [5.74, 6) is 1.00. The Labute approximate surface area is 121 Å². The van der Waals surface area contributed by atoms with Crippen molar-refractivity contribution in [1.29, 1.82) is 0 Å². The van der Waals surface area contributed by atoms with Gasteiger partial charge in [-0.05, 0) is 38.3 Å². The number of hydrogen-bond donors (Lipinski definition) is 1. The van der Waals surface area contributed by atoms with Crippen LogP contribution >= 0.6 is 0 Å². The van der Waals surface area contributed by atoms with Crippen LogP contribution in [-0.2, 0) is 0 Å². The molecule has 1 N–H and O–H groups in total. The topological polar surface area (TPSA) is 12.0 Å². The summed E-state index contributed by atoms with van der Waals surface area (Å²) in [5.41, 5.74) is 0. The van der Waals surface area contributed by atoms with Gasteiger partial charge in [0.2, 0.25) is 0 Å². The average Bonchev–Trinajstić information content (AvgIpc) is 2.93. The van der Waals surface area contributed by atoms with Crippen LogP contribution in [0.5, 0.6) is 0 Å². The lowest BCUT2D eigenvalue weighted by Gasteiger charge is -2.10. The molecule has 19 heavy (non-hydrogen) atoms. The molecule has 0 atom stereocenters. The van der Waals surface area contributed by atoms with Gasteiger partial charge in [0.25, 0.3) is 0 Å². The molecule has 0 aliphatic heterocycles. The molecule has 1 nitrogen and oxygen atoms in total. The molecule has 0 aromatic rings. The predicted molar refractivity (Wildman–Crippen MR) is 86.7 cm³/mol. The lowest BCUT2D eigenvalue weighted by molar-refractivity contribution is 0.476. The highest BCUT2D eigenvalue weighted by Crippen LogP contribution is 2.23. The van der Waals surface area contributed by atoms with Gasteiger partial charge < -0.3 is 5.32 Å². The van der Waals surface area contributed by atoms with Gasteiger partial charge >= 0.3 is 0 Å². The quantitative estimate of drug-likeness (QED) is 0.423. The molecule has 0 unspecified atom stereocenters. The largest absolute Gasteiger partial charge is 0.316 e. The molecular formula is C18H37N. The van der Waals surface area contributed by atoms with Crippen molar-refractivity contribution in [2.24, 2.45) is 5.92 Å². The third-order valence-corrected chi connectivity index (χ3v) is 4.61. The van der Waals surface area contributed by atoms with Crippen LogP contribution in [0.2, 0.25) is 0 Å². The summed E-state index contributed by atoms with van der Waals surface area (Å²) >= 11 is 0. The van der Waals surface area contributed by atoms with E-state index in [1.54, 1.807) is 0 Å². The number of unbranched alkanes of at least 4 members (excludes halogenated alkanes) is 9. The van der Waals surface area contributed by atoms with E-state index in [4.69, 9.17) is 0 Å². The second-order valence-electron chi connectivity index (χ2n) is 6.54. The van der Waals surface area contributed by atoms with Crippen LogP contribution in [-0.4, -0.2) is 13.1 Å². The summed E-state index contributed by atoms with van der Waals surface area (Å²) in [5, 5.41) is 3.65. The smallest absolute Gasteiger partial charge is 0.00205 e. The number of hydrogen-bond acceptors (Lipinski definition) is 1. The molecule has 1 aliphatic carbocycles. The molecule has 1 saturated carbocycles. The van der Waals surface area contributed by atoms with E-state index >= 15 is 0 Å². The first kappa shape index (κ1) is 17.0. The van der Waals surface area contributed by atoms with E-state index < -0.39 is 0 Å². The summed E-state index contributed by atoms with van der Waals surface area (Å²) < 4.78 is 0. The molecule has 0 bridgehead atoms. The first-order valence-corrected chi connectivity index (χ1v) is 9.14. The van der Waals surface area contributed by atoms with E-state index in [0.717, 1.165) is 5.92 Å². The van der Waals surface area contributed by atoms with Gasteiger partial charge in [-0.1, -0.05) is 77.6 Å². The van der Waals surface area contributed by atoms with E-state index in [-0.39, 0.29) is 0 Å². The summed E-state index contributed by atoms with van der Waals surface area (Å²) in [4.78, 5) is 0. The SMILES string of the molecule is CCCCCCCCCCCCNCC1CCCC1. The molecule has 0 saturated heterocycles. The Morgan fingerprint density at radius 3 is 1.84 bits per heavy atom. The Bertz CT molecular complexity index is 173. The predicted octanol–water partition coefficient (Wildman–Crippen LogP) is 5.69. The van der Waals surface area contributed by atoms with Crippen molar-refractivity contribution < 1.29 is 0 Å². The van der Waals surface area contributed by atoms with Crippen LogP contribution in [0.15, 0.2) is 0 Å². The minimum Gasteiger partial charge on any atom is -0.316 e. The van der Waals surface area contributed by atoms with Crippen LogP contribution in [0.4, 0.5) is 0 Å². The second kappa shape index (κ2) is 13.0. The minimum absolute atomic E-state index is 1.00. The number of nitrogens with one attached hydrogen (secondary N) is 1. The molecule has 0 heterocycles. The van der Waals surface area contributed by atoms with E-state index in [1.807, 2.05) is 0 Å². The fraction of sp³-hybridized carbons (Fsp3) is 1.00. The first-order valence-electron chi connectivity index (χ1n) is 9.14. The second-order valence-corrected chi connectivity index (χ2v) is 6.54. The van der Waals surface area contributed by atoms with E-state index in [1.165, 1.54) is 103 Å². The monoisotopic (exact) mass is 267 g/mol. The molecule has 0 radical (unpaired) electrons. The normalized spacial score (nSPS) is 16.3. The zero-order chi connectivity index (χ0) is 13.6. The van der Waals surface area contributed by atoms with Crippen LogP contribution in [0.25, 0.3) is 0 Å². The third kappa shape index (κ3) is 10.4. The number of rotatable bonds is 13. The van der Waals surface area contributed by atoms with Gasteiger partial charge in [0.1, 0.15) is 0 Å². The van der Waals surface area contributed by atoms with Crippen LogP contribution in [0.1, 0.15) is 96.8 Å². The van der Waals surface area contributed by atoms with Gasteiger partial charge in [-0.25, -0.2) is 0 Å². The molecule has 0 spiro atoms. The molecule has 1 fully saturated rings. The van der Waals surface area contributed by atoms with Gasteiger partial charge in [-0.2, -0.15) is 0 Å². The van der Waals surface area contributed by atoms with Gasteiger partial charge in [0.15, 0.2) is 0 Å². The van der Waals surface area contributed by atoms with E-state index in [2.05, 4.69) is 12.2 Å². The maximum absolute atomic E-state index is 3.65. The molecule has 114 valence electrons. The highest BCUT2D eigenvalue weighted by Gasteiger charge is 2.13. The summed E-state index contributed by atoms with van der Waals surface area (Å²) in [7, 11) is 0. The Balaban J connectivity index is 1.67. The lowest BCUT2D eigenvalue weighted by atomic mass is 10.1. The maximum atomic E-state index is 3.65. The molecule has 1 heteroatoms. The molecule has 0 amide bonds. The van der Waals surface area contributed by atoms with E-state index in [0.29, 0.717) is 0 Å². The molecule has 0 aromatic carbocycles. The van der Waals surface area contributed by atoms with Crippen molar-refractivity contribution in [3.8, 4) is 0 Å². The van der Waals surface area contributed by atoms with Crippen molar-refractivity contribution in [3.63, 3.8) is 0 Å². The fourth-order valence-corrected chi connectivity index (χ4v) is 3.26. The Morgan fingerprint density at radius 1 is 0.737 bits per heavy atom. The zero-order valence-electron chi connectivity index (χ0n) is 13.4. The zero-order valence-corrected chi connectivity index (χ0v) is 13.4. The van der Waals surface area contributed by atoms with Crippen LogP contribution in [0, 0.1) is 5.92 Å². The summed E-state index contributed by atoms with van der Waals surface area (Å²) in [6, 6.07) is 0. The average molecular weight is 268 g/mol. The molecule has 1 aliphatic rings. The van der Waals surface area contributed by atoms with Crippen molar-refractivity contribution in [1.82, 2.24) is 5.32 Å². The minimum atomic E-state index is 1.00. The van der Waals surface area contributed by atoms with Gasteiger partial charge in [0.05, 0.1) is 0 Å². The Hall–Kier alpha value is -0.0400. The highest BCUT2D eigenvalue weighted by atomic mass is 14.9. The van der Waals surface area contributed by atoms with Crippen molar-refractivity contribution in [3.05, 3.63) is 0 Å². The standard InChI is InChI=1S/C18H37N/c1-2-3-4-5-6-7-8-9-10-13-16-19-17-18-14-11-12-15-18/h18-19H,2-17H2,1H3. The van der Waals surface area contributed by atoms with Crippen LogP contribution in [0.3, 0.4) is 0 Å². The maximum Gasteiger partial charge on any atom is -0.00205 e. The Morgan fingerprint density at radius 2 is 1.26 bits per heavy atom. The van der Waals surface area contributed by atoms with Crippen molar-refractivity contribution >= 4 is 0 Å². The van der Waals surface area contributed by atoms with Crippen molar-refractivity contribution in [2.75, 3.05) is 13.1 Å². The van der Waals surface area contributed by atoms with Gasteiger partial charge in [-0.15, -0.1) is 0 Å². The first-order chi connectivity index (χ1) is 9.43. The lowest BCUT2D eigenvalue weighted by Crippen LogP contribution is -2.22. The molecule has 1 rings (SSSR count). The van der Waals surface area contributed by atoms with Crippen LogP contribution < -0.4 is 5.32 Å². The fourth-order valence-electron chi connectivity index (χ4n) is 3.26. The van der Waals surface area contributed by atoms with Crippen molar-refractivity contribution in [2.45, 2.75) is 96.8 Å². The molecule has 0 aromatic heterocycles.